The molecule has 0 bridgehead atoms. The van der Waals surface area contributed by atoms with Crippen LogP contribution < -0.4 is 5.73 Å². The molecule has 0 saturated carbocycles. The number of rotatable bonds is 1. The van der Waals surface area contributed by atoms with E-state index in [9.17, 15) is 0 Å². The van der Waals surface area contributed by atoms with Gasteiger partial charge in [-0.1, -0.05) is 23.8 Å². The predicted octanol–water partition coefficient (Wildman–Crippen LogP) is 2.95. The van der Waals surface area contributed by atoms with Crippen LogP contribution in [-0.4, -0.2) is 4.98 Å². The van der Waals surface area contributed by atoms with Gasteiger partial charge in [-0.15, -0.1) is 0 Å². The second-order valence-corrected chi connectivity index (χ2v) is 3.75. The highest BCUT2D eigenvalue weighted by Gasteiger charge is 2.05. The molecule has 2 nitrogen and oxygen atoms in total. The molecule has 0 atom stereocenters. The van der Waals surface area contributed by atoms with Crippen molar-refractivity contribution >= 4 is 5.82 Å². The van der Waals surface area contributed by atoms with Crippen LogP contribution in [-0.2, 0) is 0 Å². The molecule has 2 heteroatoms. The molecule has 0 aliphatic carbocycles. The second kappa shape index (κ2) is 3.73. The van der Waals surface area contributed by atoms with Gasteiger partial charge < -0.3 is 5.73 Å². The van der Waals surface area contributed by atoms with Gasteiger partial charge in [0.05, 0.1) is 0 Å². The number of aromatic nitrogens is 1. The Labute approximate surface area is 89.8 Å². The number of nitrogens with two attached hydrogens (primary N) is 1. The molecule has 0 fully saturated rings. The molecular formula is C13H14N2. The maximum Gasteiger partial charge on any atom is 0.131 e. The van der Waals surface area contributed by atoms with E-state index in [1.54, 1.807) is 6.20 Å². The van der Waals surface area contributed by atoms with E-state index in [1.165, 1.54) is 11.1 Å². The molecule has 0 radical (unpaired) electrons. The zero-order chi connectivity index (χ0) is 10.8. The first-order valence-corrected chi connectivity index (χ1v) is 4.96. The number of nitrogens with zero attached hydrogens (tertiary/aromatic N) is 1. The Morgan fingerprint density at radius 3 is 2.53 bits per heavy atom. The molecule has 2 N–H and O–H groups in total. The minimum atomic E-state index is 0.587. The summed E-state index contributed by atoms with van der Waals surface area (Å²) >= 11 is 0. The molecule has 15 heavy (non-hydrogen) atoms. The Bertz CT molecular complexity index is 490. The maximum absolute atomic E-state index is 5.85. The van der Waals surface area contributed by atoms with E-state index >= 15 is 0 Å². The van der Waals surface area contributed by atoms with Crippen LogP contribution >= 0.6 is 0 Å². The van der Waals surface area contributed by atoms with E-state index in [-0.39, 0.29) is 0 Å². The Morgan fingerprint density at radius 2 is 1.87 bits per heavy atom. The van der Waals surface area contributed by atoms with Gasteiger partial charge in [0.1, 0.15) is 5.82 Å². The zero-order valence-electron chi connectivity index (χ0n) is 8.99. The van der Waals surface area contributed by atoms with Gasteiger partial charge in [-0.2, -0.15) is 0 Å². The molecule has 0 saturated heterocycles. The van der Waals surface area contributed by atoms with E-state index in [0.29, 0.717) is 5.82 Å². The SMILES string of the molecule is Cc1ccc(-c2cccnc2N)c(C)c1. The lowest BCUT2D eigenvalue weighted by Gasteiger charge is -2.08. The van der Waals surface area contributed by atoms with Crippen molar-refractivity contribution in [2.24, 2.45) is 0 Å². The van der Waals surface area contributed by atoms with Crippen LogP contribution in [0.4, 0.5) is 5.82 Å². The Kier molecular flexibility index (Phi) is 2.42. The maximum atomic E-state index is 5.85. The lowest BCUT2D eigenvalue weighted by molar-refractivity contribution is 1.32. The topological polar surface area (TPSA) is 38.9 Å². The van der Waals surface area contributed by atoms with Gasteiger partial charge in [-0.25, -0.2) is 4.98 Å². The molecule has 76 valence electrons. The average molecular weight is 198 g/mol. The standard InChI is InChI=1S/C13H14N2/c1-9-5-6-11(10(2)8-9)12-4-3-7-15-13(12)14/h3-8H,1-2H3,(H2,14,15). The van der Waals surface area contributed by atoms with Gasteiger partial charge in [0.2, 0.25) is 0 Å². The summed E-state index contributed by atoms with van der Waals surface area (Å²) in [6.07, 6.45) is 1.71. The summed E-state index contributed by atoms with van der Waals surface area (Å²) < 4.78 is 0. The zero-order valence-corrected chi connectivity index (χ0v) is 8.99. The summed E-state index contributed by atoms with van der Waals surface area (Å²) in [5.74, 6) is 0.587. The summed E-state index contributed by atoms with van der Waals surface area (Å²) in [7, 11) is 0. The van der Waals surface area contributed by atoms with E-state index < -0.39 is 0 Å². The van der Waals surface area contributed by atoms with Crippen LogP contribution in [0.25, 0.3) is 11.1 Å². The van der Waals surface area contributed by atoms with Crippen molar-refractivity contribution in [2.75, 3.05) is 5.73 Å². The fourth-order valence-corrected chi connectivity index (χ4v) is 1.76. The molecule has 2 aromatic rings. The van der Waals surface area contributed by atoms with E-state index in [2.05, 4.69) is 37.0 Å². The van der Waals surface area contributed by atoms with Crippen molar-refractivity contribution in [3.63, 3.8) is 0 Å². The summed E-state index contributed by atoms with van der Waals surface area (Å²) in [5.41, 5.74) is 10.5. The lowest BCUT2D eigenvalue weighted by atomic mass is 9.99. The van der Waals surface area contributed by atoms with Gasteiger partial charge in [0.15, 0.2) is 0 Å². The molecule has 0 aliphatic rings. The number of hydrogen-bond donors (Lipinski definition) is 1. The minimum absolute atomic E-state index is 0.587. The second-order valence-electron chi connectivity index (χ2n) is 3.75. The Morgan fingerprint density at radius 1 is 1.07 bits per heavy atom. The van der Waals surface area contributed by atoms with Crippen LogP contribution in [0.5, 0.6) is 0 Å². The van der Waals surface area contributed by atoms with Crippen LogP contribution in [0.1, 0.15) is 11.1 Å². The van der Waals surface area contributed by atoms with Crippen molar-refractivity contribution < 1.29 is 0 Å². The van der Waals surface area contributed by atoms with Crippen molar-refractivity contribution in [1.82, 2.24) is 4.98 Å². The van der Waals surface area contributed by atoms with Crippen LogP contribution in [0, 0.1) is 13.8 Å². The molecule has 0 spiro atoms. The summed E-state index contributed by atoms with van der Waals surface area (Å²) in [4.78, 5) is 4.10. The number of pyridine rings is 1. The average Bonchev–Trinajstić information content (AvgIpc) is 2.20. The largest absolute Gasteiger partial charge is 0.383 e. The summed E-state index contributed by atoms with van der Waals surface area (Å²) in [6, 6.07) is 10.2. The van der Waals surface area contributed by atoms with Crippen molar-refractivity contribution in [1.29, 1.82) is 0 Å². The number of nitrogen functional groups attached to an aromatic ring is 1. The lowest BCUT2D eigenvalue weighted by Crippen LogP contribution is -1.94. The van der Waals surface area contributed by atoms with Gasteiger partial charge in [-0.3, -0.25) is 0 Å². The van der Waals surface area contributed by atoms with Crippen molar-refractivity contribution in [3.05, 3.63) is 47.7 Å². The monoisotopic (exact) mass is 198 g/mol. The van der Waals surface area contributed by atoms with Crippen molar-refractivity contribution in [2.45, 2.75) is 13.8 Å². The first kappa shape index (κ1) is 9.71. The van der Waals surface area contributed by atoms with Crippen LogP contribution in [0.15, 0.2) is 36.5 Å². The minimum Gasteiger partial charge on any atom is -0.383 e. The van der Waals surface area contributed by atoms with E-state index in [4.69, 9.17) is 5.73 Å². The molecule has 1 aromatic heterocycles. The third kappa shape index (κ3) is 1.84. The first-order chi connectivity index (χ1) is 7.18. The third-order valence-corrected chi connectivity index (χ3v) is 2.51. The highest BCUT2D eigenvalue weighted by molar-refractivity contribution is 5.76. The van der Waals surface area contributed by atoms with E-state index in [0.717, 1.165) is 11.1 Å². The summed E-state index contributed by atoms with van der Waals surface area (Å²) in [6.45, 7) is 4.18. The fourth-order valence-electron chi connectivity index (χ4n) is 1.76. The highest BCUT2D eigenvalue weighted by atomic mass is 14.8. The van der Waals surface area contributed by atoms with Gasteiger partial charge in [-0.05, 0) is 37.1 Å². The molecule has 2 rings (SSSR count). The summed E-state index contributed by atoms with van der Waals surface area (Å²) in [5, 5.41) is 0. The van der Waals surface area contributed by atoms with Crippen LogP contribution in [0.2, 0.25) is 0 Å². The Hall–Kier alpha value is -1.83. The molecule has 0 aliphatic heterocycles. The smallest absolute Gasteiger partial charge is 0.131 e. The third-order valence-electron chi connectivity index (χ3n) is 2.51. The van der Waals surface area contributed by atoms with Crippen LogP contribution in [0.3, 0.4) is 0 Å². The number of hydrogen-bond acceptors (Lipinski definition) is 2. The van der Waals surface area contributed by atoms with Crippen molar-refractivity contribution in [3.8, 4) is 11.1 Å². The quantitative estimate of drug-likeness (QED) is 0.765. The number of benzene rings is 1. The molecule has 0 unspecified atom stereocenters. The molecular weight excluding hydrogens is 184 g/mol. The van der Waals surface area contributed by atoms with E-state index in [1.807, 2.05) is 12.1 Å². The number of anilines is 1. The van der Waals surface area contributed by atoms with Gasteiger partial charge in [0, 0.05) is 11.8 Å². The predicted molar refractivity (Wildman–Crippen MR) is 63.6 cm³/mol. The van der Waals surface area contributed by atoms with Gasteiger partial charge >= 0.3 is 0 Å². The number of aryl methyl sites for hydroxylation is 2. The van der Waals surface area contributed by atoms with Gasteiger partial charge in [0.25, 0.3) is 0 Å². The highest BCUT2D eigenvalue weighted by Crippen LogP contribution is 2.27. The fraction of sp³-hybridized carbons (Fsp3) is 0.154. The molecule has 0 amide bonds. The normalized spacial score (nSPS) is 10.3. The Balaban J connectivity index is 2.60. The molecule has 1 heterocycles. The first-order valence-electron chi connectivity index (χ1n) is 4.96. The molecule has 1 aromatic carbocycles.